The van der Waals surface area contributed by atoms with E-state index in [1.807, 2.05) is 24.9 Å². The lowest BCUT2D eigenvalue weighted by Gasteiger charge is -2.35. The second-order valence-electron chi connectivity index (χ2n) is 7.18. The van der Waals surface area contributed by atoms with Crippen LogP contribution in [0.4, 0.5) is 0 Å². The zero-order valence-corrected chi connectivity index (χ0v) is 16.5. The predicted octanol–water partition coefficient (Wildman–Crippen LogP) is 4.05. The maximum Gasteiger partial charge on any atom is 0.245 e. The van der Waals surface area contributed by atoms with Crippen molar-refractivity contribution in [3.63, 3.8) is 0 Å². The number of aliphatic imine (C=N–C) groups is 1. The van der Waals surface area contributed by atoms with Crippen LogP contribution in [0, 0.1) is 16.7 Å². The van der Waals surface area contributed by atoms with Crippen LogP contribution in [0.15, 0.2) is 46.0 Å². The molecule has 3 atom stereocenters. The highest BCUT2D eigenvalue weighted by Gasteiger charge is 2.34. The van der Waals surface area contributed by atoms with Gasteiger partial charge < -0.3 is 9.64 Å². The van der Waals surface area contributed by atoms with Crippen molar-refractivity contribution >= 4 is 18.5 Å². The Labute approximate surface area is 156 Å². The lowest BCUT2D eigenvalue weighted by Crippen LogP contribution is -2.42. The SMILES string of the molecule is C=NC(C(=N)N(C)[C@@H]1CC=CCC1C)=C1NN=C(C(C)(/C=C\C)CC)O1. The Balaban J connectivity index is 2.21. The molecule has 0 spiro atoms. The second-order valence-corrected chi connectivity index (χ2v) is 7.18. The zero-order valence-electron chi connectivity index (χ0n) is 16.5. The van der Waals surface area contributed by atoms with Gasteiger partial charge in [-0.1, -0.05) is 38.2 Å². The fourth-order valence-electron chi connectivity index (χ4n) is 3.36. The van der Waals surface area contributed by atoms with Crippen molar-refractivity contribution in [3.8, 4) is 0 Å². The number of allylic oxidation sites excluding steroid dienone is 2. The van der Waals surface area contributed by atoms with E-state index in [1.165, 1.54) is 0 Å². The Kier molecular flexibility index (Phi) is 6.40. The molecule has 0 aromatic carbocycles. The molecule has 0 radical (unpaired) electrons. The van der Waals surface area contributed by atoms with E-state index in [1.54, 1.807) is 0 Å². The van der Waals surface area contributed by atoms with E-state index in [2.05, 4.69) is 61.2 Å². The van der Waals surface area contributed by atoms with Gasteiger partial charge in [-0.25, -0.2) is 5.43 Å². The molecule has 0 aromatic rings. The topological polar surface area (TPSA) is 73.1 Å². The van der Waals surface area contributed by atoms with Crippen LogP contribution in [-0.2, 0) is 4.74 Å². The number of hydrogen-bond acceptors (Lipinski definition) is 5. The number of hydrazone groups is 1. The van der Waals surface area contributed by atoms with Crippen molar-refractivity contribution in [2.75, 3.05) is 7.05 Å². The van der Waals surface area contributed by atoms with Gasteiger partial charge in [0.2, 0.25) is 11.8 Å². The van der Waals surface area contributed by atoms with Crippen molar-refractivity contribution in [2.45, 2.75) is 53.0 Å². The molecule has 2 N–H and O–H groups in total. The van der Waals surface area contributed by atoms with Crippen LogP contribution in [0.5, 0.6) is 0 Å². The fraction of sp³-hybridized carbons (Fsp3) is 0.550. The van der Waals surface area contributed by atoms with Crippen LogP contribution < -0.4 is 5.43 Å². The van der Waals surface area contributed by atoms with E-state index in [9.17, 15) is 0 Å². The van der Waals surface area contributed by atoms with E-state index in [0.29, 0.717) is 23.4 Å². The number of rotatable bonds is 6. The van der Waals surface area contributed by atoms with E-state index < -0.39 is 0 Å². The molecule has 0 bridgehead atoms. The molecule has 0 saturated heterocycles. The molecule has 1 heterocycles. The highest BCUT2D eigenvalue weighted by Crippen LogP contribution is 2.30. The molecule has 0 amide bonds. The first-order valence-electron chi connectivity index (χ1n) is 9.21. The predicted molar refractivity (Wildman–Crippen MR) is 108 cm³/mol. The first-order chi connectivity index (χ1) is 12.4. The molecular formula is C20H31N5O. The van der Waals surface area contributed by atoms with Crippen molar-refractivity contribution < 1.29 is 4.74 Å². The van der Waals surface area contributed by atoms with Gasteiger partial charge in [-0.15, -0.1) is 5.10 Å². The molecule has 2 aliphatic rings. The van der Waals surface area contributed by atoms with Gasteiger partial charge in [-0.3, -0.25) is 10.4 Å². The molecular weight excluding hydrogens is 326 g/mol. The molecule has 26 heavy (non-hydrogen) atoms. The third-order valence-corrected chi connectivity index (χ3v) is 5.37. The molecule has 6 heteroatoms. The normalized spacial score (nSPS) is 26.6. The van der Waals surface area contributed by atoms with Gasteiger partial charge in [0, 0.05) is 13.1 Å². The largest absolute Gasteiger partial charge is 0.420 e. The summed E-state index contributed by atoms with van der Waals surface area (Å²) in [6.07, 6.45) is 11.3. The summed E-state index contributed by atoms with van der Waals surface area (Å²) in [6, 6.07) is 0.260. The number of amidine groups is 1. The average molecular weight is 358 g/mol. The molecule has 1 aliphatic carbocycles. The van der Waals surface area contributed by atoms with Crippen LogP contribution in [-0.4, -0.2) is 36.4 Å². The highest BCUT2D eigenvalue weighted by atomic mass is 16.5. The van der Waals surface area contributed by atoms with Gasteiger partial charge in [0.15, 0.2) is 11.5 Å². The third kappa shape index (κ3) is 3.89. The summed E-state index contributed by atoms with van der Waals surface area (Å²) in [4.78, 5) is 6.02. The van der Waals surface area contributed by atoms with Gasteiger partial charge >= 0.3 is 0 Å². The van der Waals surface area contributed by atoms with E-state index >= 15 is 0 Å². The zero-order chi connectivity index (χ0) is 19.3. The lowest BCUT2D eigenvalue weighted by atomic mass is 9.87. The Hall–Kier alpha value is -2.37. The smallest absolute Gasteiger partial charge is 0.245 e. The van der Waals surface area contributed by atoms with Crippen LogP contribution in [0.2, 0.25) is 0 Å². The van der Waals surface area contributed by atoms with Crippen LogP contribution >= 0.6 is 0 Å². The maximum absolute atomic E-state index is 8.62. The standard InChI is InChI=1S/C20H31N5O/c1-7-13-20(4,8-2)19-24-23-18(26-19)16(22-5)17(21)25(6)15-12-10-9-11-14(15)3/h7,9-10,13-15,21,23H,5,8,11-12H2,1-4,6H3/b13-7-,18-16?,21-17?/t14?,15-,20?/m1/s1. The average Bonchev–Trinajstić information content (AvgIpc) is 3.12. The van der Waals surface area contributed by atoms with Gasteiger partial charge in [0.1, 0.15) is 0 Å². The van der Waals surface area contributed by atoms with Gasteiger partial charge in [-0.05, 0) is 45.7 Å². The quantitative estimate of drug-likeness (QED) is 0.428. The number of likely N-dealkylation sites (N-methyl/N-ethyl adjacent to an activating group) is 1. The molecule has 0 saturated carbocycles. The minimum Gasteiger partial charge on any atom is -0.420 e. The summed E-state index contributed by atoms with van der Waals surface area (Å²) >= 11 is 0. The number of hydrogen-bond donors (Lipinski definition) is 2. The Morgan fingerprint density at radius 2 is 2.23 bits per heavy atom. The van der Waals surface area contributed by atoms with Gasteiger partial charge in [0.25, 0.3) is 0 Å². The Morgan fingerprint density at radius 3 is 2.81 bits per heavy atom. The summed E-state index contributed by atoms with van der Waals surface area (Å²) in [5.74, 6) is 1.72. The van der Waals surface area contributed by atoms with Gasteiger partial charge in [-0.2, -0.15) is 0 Å². The molecule has 2 unspecified atom stereocenters. The summed E-state index contributed by atoms with van der Waals surface area (Å²) in [7, 11) is 1.93. The Bertz CT molecular complexity index is 676. The Morgan fingerprint density at radius 1 is 1.54 bits per heavy atom. The van der Waals surface area contributed by atoms with Crippen LogP contribution in [0.1, 0.15) is 47.0 Å². The van der Waals surface area contributed by atoms with E-state index in [0.717, 1.165) is 19.3 Å². The number of nitrogens with zero attached hydrogens (tertiary/aromatic N) is 3. The number of ether oxygens (including phenoxy) is 1. The molecule has 2 rings (SSSR count). The fourth-order valence-corrected chi connectivity index (χ4v) is 3.36. The first kappa shape index (κ1) is 19.9. The van der Waals surface area contributed by atoms with Gasteiger partial charge in [0.05, 0.1) is 5.41 Å². The molecule has 142 valence electrons. The second kappa shape index (κ2) is 8.34. The third-order valence-electron chi connectivity index (χ3n) is 5.37. The molecule has 6 nitrogen and oxygen atoms in total. The molecule has 0 aromatic heterocycles. The summed E-state index contributed by atoms with van der Waals surface area (Å²) < 4.78 is 5.96. The van der Waals surface area contributed by atoms with Crippen molar-refractivity contribution in [1.29, 1.82) is 5.41 Å². The number of nitrogens with one attached hydrogen (secondary N) is 2. The molecule has 0 fully saturated rings. The highest BCUT2D eigenvalue weighted by molar-refractivity contribution is 5.97. The summed E-state index contributed by atoms with van der Waals surface area (Å²) in [5.41, 5.74) is 2.98. The minimum absolute atomic E-state index is 0.260. The van der Waals surface area contributed by atoms with Crippen molar-refractivity contribution in [1.82, 2.24) is 10.3 Å². The van der Waals surface area contributed by atoms with E-state index in [4.69, 9.17) is 10.1 Å². The molecule has 1 aliphatic heterocycles. The van der Waals surface area contributed by atoms with Crippen molar-refractivity contribution in [2.24, 2.45) is 21.4 Å². The van der Waals surface area contributed by atoms with E-state index in [-0.39, 0.29) is 17.3 Å². The monoisotopic (exact) mass is 357 g/mol. The summed E-state index contributed by atoms with van der Waals surface area (Å²) in [6.45, 7) is 12.0. The maximum atomic E-state index is 8.62. The first-order valence-corrected chi connectivity index (χ1v) is 9.21. The minimum atomic E-state index is -0.299. The van der Waals surface area contributed by atoms with Crippen LogP contribution in [0.3, 0.4) is 0 Å². The van der Waals surface area contributed by atoms with Crippen molar-refractivity contribution in [3.05, 3.63) is 35.9 Å². The summed E-state index contributed by atoms with van der Waals surface area (Å²) in [5, 5.41) is 13.0. The van der Waals surface area contributed by atoms with Crippen LogP contribution in [0.25, 0.3) is 0 Å². The lowest BCUT2D eigenvalue weighted by molar-refractivity contribution is 0.263.